The fourth-order valence-corrected chi connectivity index (χ4v) is 1.35. The van der Waals surface area contributed by atoms with Crippen molar-refractivity contribution in [1.29, 1.82) is 0 Å². The third-order valence-corrected chi connectivity index (χ3v) is 2.37. The first-order chi connectivity index (χ1) is 6.66. The van der Waals surface area contributed by atoms with Gasteiger partial charge in [0.05, 0.1) is 5.69 Å². The highest BCUT2D eigenvalue weighted by atomic mass is 35.5. The highest BCUT2D eigenvalue weighted by Gasteiger charge is 2.29. The summed E-state index contributed by atoms with van der Waals surface area (Å²) in [7, 11) is 0. The summed E-state index contributed by atoms with van der Waals surface area (Å²) in [6.07, 6.45) is 1.79. The third-order valence-electron chi connectivity index (χ3n) is 2.13. The first-order valence-electron chi connectivity index (χ1n) is 4.43. The van der Waals surface area contributed by atoms with Crippen LogP contribution in [0.3, 0.4) is 0 Å². The molecule has 0 spiro atoms. The number of hydrogen-bond donors (Lipinski definition) is 1. The van der Waals surface area contributed by atoms with E-state index in [0.717, 1.165) is 12.8 Å². The highest BCUT2D eigenvalue weighted by Crippen LogP contribution is 2.31. The second-order valence-corrected chi connectivity index (χ2v) is 3.82. The summed E-state index contributed by atoms with van der Waals surface area (Å²) in [5.74, 6) is -0.511. The molecule has 1 fully saturated rings. The van der Waals surface area contributed by atoms with E-state index in [4.69, 9.17) is 11.6 Å². The molecule has 1 aliphatic rings. The maximum absolute atomic E-state index is 13.1. The van der Waals surface area contributed by atoms with Gasteiger partial charge in [0.25, 0.3) is 0 Å². The van der Waals surface area contributed by atoms with E-state index in [-0.39, 0.29) is 17.5 Å². The molecule has 0 aromatic heterocycles. The second-order valence-electron chi connectivity index (χ2n) is 3.39. The van der Waals surface area contributed by atoms with Gasteiger partial charge < -0.3 is 5.32 Å². The molecule has 0 bridgehead atoms. The zero-order valence-corrected chi connectivity index (χ0v) is 8.14. The SMILES string of the molecule is O=C(Nc1cc(Cl)ccc1F)C1CC1. The van der Waals surface area contributed by atoms with Crippen LogP contribution in [0.1, 0.15) is 12.8 Å². The molecule has 1 aliphatic carbocycles. The van der Waals surface area contributed by atoms with E-state index in [9.17, 15) is 9.18 Å². The lowest BCUT2D eigenvalue weighted by molar-refractivity contribution is -0.117. The van der Waals surface area contributed by atoms with Crippen molar-refractivity contribution in [3.8, 4) is 0 Å². The van der Waals surface area contributed by atoms with E-state index < -0.39 is 5.82 Å². The van der Waals surface area contributed by atoms with Gasteiger partial charge in [-0.25, -0.2) is 4.39 Å². The summed E-state index contributed by atoms with van der Waals surface area (Å²) in [5, 5.41) is 2.93. The summed E-state index contributed by atoms with van der Waals surface area (Å²) in [5.41, 5.74) is 0.161. The van der Waals surface area contributed by atoms with Crippen molar-refractivity contribution in [2.75, 3.05) is 5.32 Å². The number of carbonyl (C=O) groups is 1. The smallest absolute Gasteiger partial charge is 0.227 e. The number of carbonyl (C=O) groups excluding carboxylic acids is 1. The summed E-state index contributed by atoms with van der Waals surface area (Å²) >= 11 is 5.68. The molecule has 0 saturated heterocycles. The quantitative estimate of drug-likeness (QED) is 0.804. The summed E-state index contributed by atoms with van der Waals surface area (Å²) < 4.78 is 13.1. The van der Waals surface area contributed by atoms with Crippen LogP contribution in [0.2, 0.25) is 5.02 Å². The minimum Gasteiger partial charge on any atom is -0.323 e. The summed E-state index contributed by atoms with van der Waals surface area (Å²) in [4.78, 5) is 11.3. The van der Waals surface area contributed by atoms with Crippen LogP contribution >= 0.6 is 11.6 Å². The third kappa shape index (κ3) is 2.04. The van der Waals surface area contributed by atoms with Crippen molar-refractivity contribution in [2.45, 2.75) is 12.8 Å². The van der Waals surface area contributed by atoms with Crippen LogP contribution < -0.4 is 5.32 Å². The molecule has 4 heteroatoms. The summed E-state index contributed by atoms with van der Waals surface area (Å²) in [6.45, 7) is 0. The first kappa shape index (κ1) is 9.46. The number of nitrogens with one attached hydrogen (secondary N) is 1. The van der Waals surface area contributed by atoms with Crippen LogP contribution in [-0.4, -0.2) is 5.91 Å². The predicted octanol–water partition coefficient (Wildman–Crippen LogP) is 2.83. The van der Waals surface area contributed by atoms with Gasteiger partial charge in [0.1, 0.15) is 5.82 Å². The normalized spacial score (nSPS) is 15.3. The lowest BCUT2D eigenvalue weighted by atomic mass is 10.3. The largest absolute Gasteiger partial charge is 0.323 e. The van der Waals surface area contributed by atoms with Gasteiger partial charge in [-0.15, -0.1) is 0 Å². The van der Waals surface area contributed by atoms with Crippen LogP contribution in [0, 0.1) is 11.7 Å². The molecule has 1 amide bonds. The molecule has 14 heavy (non-hydrogen) atoms. The Bertz CT molecular complexity index is 376. The summed E-state index contributed by atoms with van der Waals surface area (Å²) in [6, 6.07) is 4.10. The van der Waals surface area contributed by atoms with Gasteiger partial charge in [-0.3, -0.25) is 4.79 Å². The Hall–Kier alpha value is -1.09. The van der Waals surface area contributed by atoms with Gasteiger partial charge in [0, 0.05) is 10.9 Å². The van der Waals surface area contributed by atoms with Crippen molar-refractivity contribution in [3.05, 3.63) is 29.0 Å². The highest BCUT2D eigenvalue weighted by molar-refractivity contribution is 6.30. The molecule has 0 atom stereocenters. The number of halogens is 2. The standard InChI is InChI=1S/C10H9ClFNO/c11-7-3-4-8(12)9(5-7)13-10(14)6-1-2-6/h3-6H,1-2H2,(H,13,14). The monoisotopic (exact) mass is 213 g/mol. The lowest BCUT2D eigenvalue weighted by Crippen LogP contribution is -2.14. The van der Waals surface area contributed by atoms with E-state index in [1.54, 1.807) is 0 Å². The average Bonchev–Trinajstić information content (AvgIpc) is 2.94. The van der Waals surface area contributed by atoms with Gasteiger partial charge >= 0.3 is 0 Å². The number of amides is 1. The van der Waals surface area contributed by atoms with Crippen molar-refractivity contribution >= 4 is 23.2 Å². The van der Waals surface area contributed by atoms with Gasteiger partial charge in [-0.05, 0) is 31.0 Å². The van der Waals surface area contributed by atoms with Crippen LogP contribution in [0.25, 0.3) is 0 Å². The van der Waals surface area contributed by atoms with Crippen LogP contribution in [0.15, 0.2) is 18.2 Å². The van der Waals surface area contributed by atoms with Gasteiger partial charge in [-0.1, -0.05) is 11.6 Å². The number of benzene rings is 1. The van der Waals surface area contributed by atoms with E-state index >= 15 is 0 Å². The van der Waals surface area contributed by atoms with Gasteiger partial charge in [-0.2, -0.15) is 0 Å². The molecule has 2 rings (SSSR count). The van der Waals surface area contributed by atoms with E-state index in [1.807, 2.05) is 0 Å². The Morgan fingerprint density at radius 2 is 2.21 bits per heavy atom. The Morgan fingerprint density at radius 3 is 2.86 bits per heavy atom. The minimum absolute atomic E-state index is 0.0633. The Labute approximate surface area is 86.1 Å². The molecule has 0 aliphatic heterocycles. The Kier molecular flexibility index (Phi) is 2.42. The molecule has 0 heterocycles. The van der Waals surface area contributed by atoms with Gasteiger partial charge in [0.2, 0.25) is 5.91 Å². The first-order valence-corrected chi connectivity index (χ1v) is 4.80. The zero-order valence-electron chi connectivity index (χ0n) is 7.39. The van der Waals surface area contributed by atoms with Crippen LogP contribution in [0.5, 0.6) is 0 Å². The maximum Gasteiger partial charge on any atom is 0.227 e. The van der Waals surface area contributed by atoms with Crippen molar-refractivity contribution in [2.24, 2.45) is 5.92 Å². The number of hydrogen-bond acceptors (Lipinski definition) is 1. The van der Waals surface area contributed by atoms with Crippen LogP contribution in [0.4, 0.5) is 10.1 Å². The maximum atomic E-state index is 13.1. The number of rotatable bonds is 2. The molecular weight excluding hydrogens is 205 g/mol. The fourth-order valence-electron chi connectivity index (χ4n) is 1.17. The molecular formula is C10H9ClFNO. The molecule has 1 N–H and O–H groups in total. The Morgan fingerprint density at radius 1 is 1.50 bits per heavy atom. The molecule has 1 aromatic rings. The fraction of sp³-hybridized carbons (Fsp3) is 0.300. The van der Waals surface area contributed by atoms with Crippen molar-refractivity contribution in [3.63, 3.8) is 0 Å². The molecule has 1 aromatic carbocycles. The van der Waals surface area contributed by atoms with Crippen LogP contribution in [-0.2, 0) is 4.79 Å². The van der Waals surface area contributed by atoms with E-state index in [1.165, 1.54) is 18.2 Å². The van der Waals surface area contributed by atoms with Gasteiger partial charge in [0.15, 0.2) is 0 Å². The zero-order chi connectivity index (χ0) is 10.1. The molecule has 2 nitrogen and oxygen atoms in total. The average molecular weight is 214 g/mol. The van der Waals surface area contributed by atoms with Crippen molar-refractivity contribution in [1.82, 2.24) is 0 Å². The van der Waals surface area contributed by atoms with Crippen molar-refractivity contribution < 1.29 is 9.18 Å². The number of anilines is 1. The van der Waals surface area contributed by atoms with E-state index in [2.05, 4.69) is 5.32 Å². The lowest BCUT2D eigenvalue weighted by Gasteiger charge is -2.05. The molecule has 0 radical (unpaired) electrons. The molecule has 1 saturated carbocycles. The predicted molar refractivity (Wildman–Crippen MR) is 52.8 cm³/mol. The molecule has 74 valence electrons. The Balaban J connectivity index is 2.14. The van der Waals surface area contributed by atoms with E-state index in [0.29, 0.717) is 5.02 Å². The minimum atomic E-state index is -0.455. The molecule has 0 unspecified atom stereocenters. The topological polar surface area (TPSA) is 29.1 Å². The second kappa shape index (κ2) is 3.58.